The van der Waals surface area contributed by atoms with Crippen LogP contribution in [-0.2, 0) is 4.79 Å². The first-order valence-corrected chi connectivity index (χ1v) is 10.9. The van der Waals surface area contributed by atoms with E-state index < -0.39 is 23.3 Å². The van der Waals surface area contributed by atoms with Gasteiger partial charge >= 0.3 is 0 Å². The van der Waals surface area contributed by atoms with Gasteiger partial charge in [-0.05, 0) is 67.4 Å². The smallest absolute Gasteiger partial charge is 0.251 e. The molecule has 4 aromatic rings. The number of carbonyl (C=O) groups excluding carboxylic acids is 3. The second kappa shape index (κ2) is 9.72. The van der Waals surface area contributed by atoms with Gasteiger partial charge in [0, 0.05) is 28.4 Å². The summed E-state index contributed by atoms with van der Waals surface area (Å²) >= 11 is 0. The van der Waals surface area contributed by atoms with Crippen LogP contribution in [0.2, 0.25) is 0 Å². The van der Waals surface area contributed by atoms with Gasteiger partial charge in [-0.25, -0.2) is 4.39 Å². The van der Waals surface area contributed by atoms with Crippen molar-refractivity contribution in [1.82, 2.24) is 10.3 Å². The highest BCUT2D eigenvalue weighted by Gasteiger charge is 2.18. The molecule has 1 heterocycles. The van der Waals surface area contributed by atoms with Crippen LogP contribution in [0.5, 0.6) is 0 Å². The number of anilines is 1. The molecule has 3 aromatic carbocycles. The molecule has 0 aliphatic rings. The molecule has 7 nitrogen and oxygen atoms in total. The summed E-state index contributed by atoms with van der Waals surface area (Å²) in [7, 11) is 0. The highest BCUT2D eigenvalue weighted by atomic mass is 19.1. The van der Waals surface area contributed by atoms with Crippen molar-refractivity contribution in [3.8, 4) is 11.1 Å². The topological polar surface area (TPSA) is 108 Å². The van der Waals surface area contributed by atoms with Gasteiger partial charge in [0.05, 0.1) is 5.56 Å². The number of hydrogen-bond donors (Lipinski definition) is 3. The van der Waals surface area contributed by atoms with E-state index in [2.05, 4.69) is 15.6 Å². The van der Waals surface area contributed by atoms with Crippen LogP contribution in [0.25, 0.3) is 22.0 Å². The van der Waals surface area contributed by atoms with Crippen LogP contribution in [0.15, 0.2) is 77.7 Å². The average Bonchev–Trinajstić information content (AvgIpc) is 2.84. The minimum Gasteiger partial charge on any atom is -0.360 e. The number of Topliss-reactive ketones (excluding diaryl/α,β-unsaturated/α-hetero) is 1. The number of nitrogens with one attached hydrogen (secondary N) is 3. The number of ketones is 1. The Labute approximate surface area is 200 Å². The Morgan fingerprint density at radius 2 is 1.69 bits per heavy atom. The minimum absolute atomic E-state index is 0.0324. The molecule has 0 aliphatic carbocycles. The number of pyridine rings is 1. The van der Waals surface area contributed by atoms with Crippen LogP contribution in [0, 0.1) is 5.82 Å². The maximum absolute atomic E-state index is 13.4. The number of carbonyl (C=O) groups is 3. The Kier molecular flexibility index (Phi) is 6.55. The molecule has 2 amide bonds. The number of hydrogen-bond acceptors (Lipinski definition) is 4. The van der Waals surface area contributed by atoms with Gasteiger partial charge in [-0.2, -0.15) is 0 Å². The van der Waals surface area contributed by atoms with E-state index in [9.17, 15) is 23.6 Å². The highest BCUT2D eigenvalue weighted by Crippen LogP contribution is 2.21. The molecule has 1 aromatic heterocycles. The molecule has 3 N–H and O–H groups in total. The fourth-order valence-electron chi connectivity index (χ4n) is 3.64. The number of H-pyrrole nitrogens is 1. The van der Waals surface area contributed by atoms with Crippen LogP contribution >= 0.6 is 0 Å². The van der Waals surface area contributed by atoms with Crippen molar-refractivity contribution in [3.05, 3.63) is 100 Å². The van der Waals surface area contributed by atoms with Crippen molar-refractivity contribution in [3.63, 3.8) is 0 Å². The molecule has 0 saturated carbocycles. The lowest BCUT2D eigenvalue weighted by molar-refractivity contribution is -0.117. The van der Waals surface area contributed by atoms with E-state index in [1.54, 1.807) is 48.5 Å². The Hall–Kier alpha value is -4.59. The molecule has 0 radical (unpaired) electrons. The van der Waals surface area contributed by atoms with Gasteiger partial charge in [-0.1, -0.05) is 24.3 Å². The summed E-state index contributed by atoms with van der Waals surface area (Å²) in [4.78, 5) is 52.3. The first-order chi connectivity index (χ1) is 16.7. The largest absolute Gasteiger partial charge is 0.360 e. The summed E-state index contributed by atoms with van der Waals surface area (Å²) in [6, 6.07) is 16.6. The number of aromatic nitrogens is 1. The van der Waals surface area contributed by atoms with Crippen LogP contribution in [0.1, 0.15) is 34.6 Å². The van der Waals surface area contributed by atoms with Gasteiger partial charge in [0.25, 0.3) is 5.91 Å². The Morgan fingerprint density at radius 3 is 2.37 bits per heavy atom. The molecule has 8 heteroatoms. The third kappa shape index (κ3) is 5.16. The van der Waals surface area contributed by atoms with E-state index in [4.69, 9.17) is 0 Å². The first-order valence-electron chi connectivity index (χ1n) is 10.9. The molecule has 0 bridgehead atoms. The molecule has 0 unspecified atom stereocenters. The molecular weight excluding hydrogens is 449 g/mol. The zero-order chi connectivity index (χ0) is 25.1. The van der Waals surface area contributed by atoms with E-state index in [1.807, 2.05) is 0 Å². The molecular formula is C27H22FN3O4. The second-order valence-corrected chi connectivity index (χ2v) is 8.12. The second-order valence-electron chi connectivity index (χ2n) is 8.12. The number of amides is 2. The van der Waals surface area contributed by atoms with Crippen LogP contribution in [0.3, 0.4) is 0 Å². The first kappa shape index (κ1) is 23.6. The van der Waals surface area contributed by atoms with Crippen molar-refractivity contribution in [2.45, 2.75) is 19.9 Å². The zero-order valence-electron chi connectivity index (χ0n) is 19.0. The summed E-state index contributed by atoms with van der Waals surface area (Å²) in [5, 5.41) is 5.58. The number of fused-ring (bicyclic) bond motifs is 1. The Balaban J connectivity index is 1.44. The standard InChI is InChI=1S/C27H22FN3O4/c1-15(30-27(35)18-8-6-17(7-9-18)19-4-3-5-20(28)12-19)26(34)31-21-10-11-24-22(13-21)25(33)23(14-29-24)16(2)32/h3-15H,1-2H3,(H,29,33)(H,30,35)(H,31,34)/t15-/m0/s1. The summed E-state index contributed by atoms with van der Waals surface area (Å²) in [5.41, 5.74) is 2.28. The van der Waals surface area contributed by atoms with Crippen LogP contribution in [-0.4, -0.2) is 28.6 Å². The molecule has 1 atom stereocenters. The van der Waals surface area contributed by atoms with Gasteiger partial charge < -0.3 is 15.6 Å². The number of aromatic amines is 1. The van der Waals surface area contributed by atoms with Crippen molar-refractivity contribution >= 4 is 34.2 Å². The average molecular weight is 471 g/mol. The maximum atomic E-state index is 13.4. The van der Waals surface area contributed by atoms with Gasteiger partial charge in [-0.3, -0.25) is 19.2 Å². The lowest BCUT2D eigenvalue weighted by Crippen LogP contribution is -2.41. The molecule has 0 fully saturated rings. The van der Waals surface area contributed by atoms with Gasteiger partial charge in [0.15, 0.2) is 11.2 Å². The third-order valence-electron chi connectivity index (χ3n) is 5.57. The number of rotatable bonds is 6. The molecule has 4 rings (SSSR count). The molecule has 35 heavy (non-hydrogen) atoms. The van der Waals surface area contributed by atoms with Crippen molar-refractivity contribution in [1.29, 1.82) is 0 Å². The Morgan fingerprint density at radius 1 is 0.943 bits per heavy atom. The molecule has 0 aliphatic heterocycles. The van der Waals surface area contributed by atoms with Crippen molar-refractivity contribution in [2.75, 3.05) is 5.32 Å². The lowest BCUT2D eigenvalue weighted by atomic mass is 10.0. The van der Waals surface area contributed by atoms with Crippen molar-refractivity contribution in [2.24, 2.45) is 0 Å². The van der Waals surface area contributed by atoms with Crippen LogP contribution in [0.4, 0.5) is 10.1 Å². The molecule has 0 spiro atoms. The molecule has 176 valence electrons. The minimum atomic E-state index is -0.872. The van der Waals surface area contributed by atoms with Crippen molar-refractivity contribution < 1.29 is 18.8 Å². The fraction of sp³-hybridized carbons (Fsp3) is 0.111. The monoisotopic (exact) mass is 471 g/mol. The SMILES string of the molecule is CC(=O)c1c[nH]c2ccc(NC(=O)[C@H](C)NC(=O)c3ccc(-c4cccc(F)c4)cc3)cc2c1=O. The summed E-state index contributed by atoms with van der Waals surface area (Å²) in [6.45, 7) is 2.84. The fourth-order valence-corrected chi connectivity index (χ4v) is 3.64. The summed E-state index contributed by atoms with van der Waals surface area (Å²) in [5.74, 6) is -1.63. The normalized spacial score (nSPS) is 11.6. The predicted octanol–water partition coefficient (Wildman–Crippen LogP) is 4.29. The van der Waals surface area contributed by atoms with E-state index in [-0.39, 0.29) is 22.6 Å². The molecule has 0 saturated heterocycles. The van der Waals surface area contributed by atoms with Crippen LogP contribution < -0.4 is 16.1 Å². The lowest BCUT2D eigenvalue weighted by Gasteiger charge is -2.15. The summed E-state index contributed by atoms with van der Waals surface area (Å²) in [6.07, 6.45) is 1.37. The zero-order valence-corrected chi connectivity index (χ0v) is 19.0. The Bertz CT molecular complexity index is 1510. The maximum Gasteiger partial charge on any atom is 0.251 e. The highest BCUT2D eigenvalue weighted by molar-refractivity contribution is 6.02. The third-order valence-corrected chi connectivity index (χ3v) is 5.57. The van der Waals surface area contributed by atoms with Gasteiger partial charge in [0.1, 0.15) is 11.9 Å². The van der Waals surface area contributed by atoms with E-state index in [0.717, 1.165) is 5.56 Å². The van der Waals surface area contributed by atoms with Gasteiger partial charge in [0.2, 0.25) is 5.91 Å². The predicted molar refractivity (Wildman–Crippen MR) is 132 cm³/mol. The van der Waals surface area contributed by atoms with E-state index >= 15 is 0 Å². The van der Waals surface area contributed by atoms with E-state index in [1.165, 1.54) is 38.2 Å². The summed E-state index contributed by atoms with van der Waals surface area (Å²) < 4.78 is 13.4. The van der Waals surface area contributed by atoms with E-state index in [0.29, 0.717) is 22.3 Å². The number of benzene rings is 3. The van der Waals surface area contributed by atoms with Gasteiger partial charge in [-0.15, -0.1) is 0 Å². The quantitative estimate of drug-likeness (QED) is 0.365. The number of halogens is 1.